The molecule has 0 saturated carbocycles. The molecule has 0 unspecified atom stereocenters. The minimum Gasteiger partial charge on any atom is -0.481 e. The van der Waals surface area contributed by atoms with Crippen molar-refractivity contribution >= 4 is 5.97 Å². The summed E-state index contributed by atoms with van der Waals surface area (Å²) < 4.78 is 5.19. The molecule has 0 saturated heterocycles. The van der Waals surface area contributed by atoms with Crippen molar-refractivity contribution in [3.63, 3.8) is 0 Å². The van der Waals surface area contributed by atoms with E-state index in [0.29, 0.717) is 26.3 Å². The van der Waals surface area contributed by atoms with E-state index in [4.69, 9.17) is 9.84 Å². The maximum absolute atomic E-state index is 10.1. The van der Waals surface area contributed by atoms with E-state index in [9.17, 15) is 4.79 Å². The predicted octanol–water partition coefficient (Wildman–Crippen LogP) is 0.643. The van der Waals surface area contributed by atoms with Crippen LogP contribution >= 0.6 is 0 Å². The molecule has 0 amide bonds. The molecule has 0 bridgehead atoms. The summed E-state index contributed by atoms with van der Waals surface area (Å²) in [7, 11) is 0. The van der Waals surface area contributed by atoms with Crippen molar-refractivity contribution in [3.05, 3.63) is 12.2 Å². The number of rotatable bonds is 8. The lowest BCUT2D eigenvalue weighted by atomic mass is 10.4. The Labute approximate surface area is 78.6 Å². The molecular formula is C9H17NO3. The van der Waals surface area contributed by atoms with Crippen LogP contribution in [0.5, 0.6) is 0 Å². The van der Waals surface area contributed by atoms with Gasteiger partial charge in [0.15, 0.2) is 0 Å². The van der Waals surface area contributed by atoms with Crippen LogP contribution in [-0.4, -0.2) is 37.4 Å². The van der Waals surface area contributed by atoms with Gasteiger partial charge in [0.05, 0.1) is 19.6 Å². The summed E-state index contributed by atoms with van der Waals surface area (Å²) in [4.78, 5) is 10.1. The van der Waals surface area contributed by atoms with Gasteiger partial charge in [0.1, 0.15) is 0 Å². The minimum absolute atomic E-state index is 0.153. The first-order chi connectivity index (χ1) is 6.13. The summed E-state index contributed by atoms with van der Waals surface area (Å²) in [6.45, 7) is 7.92. The summed E-state index contributed by atoms with van der Waals surface area (Å²) >= 11 is 0. The van der Waals surface area contributed by atoms with Gasteiger partial charge in [-0.05, 0) is 6.92 Å². The van der Waals surface area contributed by atoms with Crippen LogP contribution in [0.1, 0.15) is 13.3 Å². The molecule has 0 aliphatic carbocycles. The molecule has 0 aromatic heterocycles. The second-order valence-electron chi connectivity index (χ2n) is 2.90. The van der Waals surface area contributed by atoms with E-state index in [1.165, 1.54) is 0 Å². The fourth-order valence-corrected chi connectivity index (χ4v) is 0.711. The SMILES string of the molecule is C=C(C)COCCNCCC(=O)O. The summed E-state index contributed by atoms with van der Waals surface area (Å²) in [6, 6.07) is 0. The van der Waals surface area contributed by atoms with Gasteiger partial charge < -0.3 is 15.2 Å². The van der Waals surface area contributed by atoms with Crippen molar-refractivity contribution in [3.8, 4) is 0 Å². The molecule has 0 heterocycles. The van der Waals surface area contributed by atoms with Crippen LogP contribution in [0.4, 0.5) is 0 Å². The van der Waals surface area contributed by atoms with E-state index in [1.807, 2.05) is 6.92 Å². The summed E-state index contributed by atoms with van der Waals surface area (Å²) in [5.41, 5.74) is 0.991. The van der Waals surface area contributed by atoms with Crippen molar-refractivity contribution < 1.29 is 14.6 Å². The molecular weight excluding hydrogens is 170 g/mol. The number of aliphatic carboxylic acids is 1. The molecule has 0 aromatic rings. The zero-order valence-electron chi connectivity index (χ0n) is 8.01. The highest BCUT2D eigenvalue weighted by Gasteiger charge is 1.94. The van der Waals surface area contributed by atoms with Crippen LogP contribution in [0.25, 0.3) is 0 Å². The van der Waals surface area contributed by atoms with Gasteiger partial charge in [-0.2, -0.15) is 0 Å². The molecule has 0 atom stereocenters. The highest BCUT2D eigenvalue weighted by atomic mass is 16.5. The number of ether oxygens (including phenoxy) is 1. The van der Waals surface area contributed by atoms with Gasteiger partial charge in [-0.15, -0.1) is 0 Å². The van der Waals surface area contributed by atoms with Gasteiger partial charge in [0.2, 0.25) is 0 Å². The zero-order valence-corrected chi connectivity index (χ0v) is 8.01. The molecule has 0 spiro atoms. The van der Waals surface area contributed by atoms with Crippen LogP contribution in [0, 0.1) is 0 Å². The Kier molecular flexibility index (Phi) is 7.24. The largest absolute Gasteiger partial charge is 0.481 e. The average molecular weight is 187 g/mol. The number of nitrogens with one attached hydrogen (secondary N) is 1. The van der Waals surface area contributed by atoms with E-state index in [-0.39, 0.29) is 6.42 Å². The van der Waals surface area contributed by atoms with Crippen molar-refractivity contribution in [1.82, 2.24) is 5.32 Å². The minimum atomic E-state index is -0.782. The monoisotopic (exact) mass is 187 g/mol. The van der Waals surface area contributed by atoms with E-state index in [2.05, 4.69) is 11.9 Å². The highest BCUT2D eigenvalue weighted by molar-refractivity contribution is 5.66. The third kappa shape index (κ3) is 11.1. The molecule has 13 heavy (non-hydrogen) atoms. The van der Waals surface area contributed by atoms with Crippen LogP contribution in [0.15, 0.2) is 12.2 Å². The van der Waals surface area contributed by atoms with E-state index in [0.717, 1.165) is 5.57 Å². The second-order valence-corrected chi connectivity index (χ2v) is 2.90. The molecule has 76 valence electrons. The van der Waals surface area contributed by atoms with Gasteiger partial charge in [0, 0.05) is 13.1 Å². The van der Waals surface area contributed by atoms with Crippen LogP contribution in [0.2, 0.25) is 0 Å². The standard InChI is InChI=1S/C9H17NO3/c1-8(2)7-13-6-5-10-4-3-9(11)12/h10H,1,3-7H2,2H3,(H,11,12). The molecule has 0 aliphatic heterocycles. The molecule has 0 aliphatic rings. The highest BCUT2D eigenvalue weighted by Crippen LogP contribution is 1.86. The maximum atomic E-state index is 10.1. The fourth-order valence-electron chi connectivity index (χ4n) is 0.711. The molecule has 2 N–H and O–H groups in total. The van der Waals surface area contributed by atoms with Crippen molar-refractivity contribution in [2.24, 2.45) is 0 Å². The zero-order chi connectivity index (χ0) is 10.1. The molecule has 4 heteroatoms. The first-order valence-electron chi connectivity index (χ1n) is 4.27. The van der Waals surface area contributed by atoms with Gasteiger partial charge in [0.25, 0.3) is 0 Å². The number of carboxylic acids is 1. The molecule has 0 fully saturated rings. The van der Waals surface area contributed by atoms with Gasteiger partial charge >= 0.3 is 5.97 Å². The lowest BCUT2D eigenvalue weighted by Gasteiger charge is -2.04. The van der Waals surface area contributed by atoms with Crippen LogP contribution < -0.4 is 5.32 Å². The molecule has 0 aromatic carbocycles. The van der Waals surface area contributed by atoms with Gasteiger partial charge in [-0.1, -0.05) is 12.2 Å². The Balaban J connectivity index is 3.00. The fraction of sp³-hybridized carbons (Fsp3) is 0.667. The van der Waals surface area contributed by atoms with Crippen molar-refractivity contribution in [2.75, 3.05) is 26.3 Å². The number of carbonyl (C=O) groups is 1. The van der Waals surface area contributed by atoms with Crippen molar-refractivity contribution in [1.29, 1.82) is 0 Å². The van der Waals surface area contributed by atoms with Crippen LogP contribution in [0.3, 0.4) is 0 Å². The van der Waals surface area contributed by atoms with Crippen LogP contribution in [-0.2, 0) is 9.53 Å². The Morgan fingerprint density at radius 2 is 2.23 bits per heavy atom. The average Bonchev–Trinajstić information content (AvgIpc) is 2.01. The van der Waals surface area contributed by atoms with E-state index in [1.54, 1.807) is 0 Å². The topological polar surface area (TPSA) is 58.6 Å². The Bertz CT molecular complexity index is 150. The normalized spacial score (nSPS) is 9.92. The lowest BCUT2D eigenvalue weighted by Crippen LogP contribution is -2.22. The third-order valence-electron chi connectivity index (χ3n) is 1.29. The molecule has 0 rings (SSSR count). The predicted molar refractivity (Wildman–Crippen MR) is 50.8 cm³/mol. The second kappa shape index (κ2) is 7.76. The van der Waals surface area contributed by atoms with Crippen molar-refractivity contribution in [2.45, 2.75) is 13.3 Å². The summed E-state index contributed by atoms with van der Waals surface area (Å²) in [6.07, 6.45) is 0.153. The van der Waals surface area contributed by atoms with E-state index >= 15 is 0 Å². The molecule has 4 nitrogen and oxygen atoms in total. The number of hydrogen-bond acceptors (Lipinski definition) is 3. The summed E-state index contributed by atoms with van der Waals surface area (Å²) in [5.74, 6) is -0.782. The smallest absolute Gasteiger partial charge is 0.304 e. The van der Waals surface area contributed by atoms with Gasteiger partial charge in [-0.3, -0.25) is 4.79 Å². The Morgan fingerprint density at radius 3 is 2.77 bits per heavy atom. The first kappa shape index (κ1) is 12.1. The number of hydrogen-bond donors (Lipinski definition) is 2. The first-order valence-corrected chi connectivity index (χ1v) is 4.27. The Morgan fingerprint density at radius 1 is 1.54 bits per heavy atom. The third-order valence-corrected chi connectivity index (χ3v) is 1.29. The lowest BCUT2D eigenvalue weighted by molar-refractivity contribution is -0.136. The maximum Gasteiger partial charge on any atom is 0.304 e. The quantitative estimate of drug-likeness (QED) is 0.432. The van der Waals surface area contributed by atoms with Gasteiger partial charge in [-0.25, -0.2) is 0 Å². The molecule has 0 radical (unpaired) electrons. The summed E-state index contributed by atoms with van der Waals surface area (Å²) in [5, 5.41) is 11.3. The Hall–Kier alpha value is -0.870. The van der Waals surface area contributed by atoms with E-state index < -0.39 is 5.97 Å². The number of carboxylic acid groups (broad SMARTS) is 1.